The Hall–Kier alpha value is -3.22. The topological polar surface area (TPSA) is 57.7 Å². The van der Waals surface area contributed by atoms with Crippen LogP contribution < -0.4 is 10.1 Å². The summed E-state index contributed by atoms with van der Waals surface area (Å²) in [7, 11) is 2.12. The number of piperidine rings is 1. The van der Waals surface area contributed by atoms with E-state index in [0.717, 1.165) is 74.6 Å². The van der Waals surface area contributed by atoms with Gasteiger partial charge in [-0.2, -0.15) is 0 Å². The van der Waals surface area contributed by atoms with Crippen LogP contribution in [0.1, 0.15) is 37.3 Å². The molecular formula is C31H38N4O2. The summed E-state index contributed by atoms with van der Waals surface area (Å²) in [6.07, 6.45) is 4.49. The zero-order valence-electron chi connectivity index (χ0n) is 22.0. The molecule has 2 aromatic carbocycles. The minimum Gasteiger partial charge on any atom is -0.493 e. The number of benzene rings is 2. The number of para-hydroxylation sites is 1. The lowest BCUT2D eigenvalue weighted by Gasteiger charge is -2.41. The van der Waals surface area contributed by atoms with Gasteiger partial charge in [0.05, 0.1) is 17.7 Å². The Balaban J connectivity index is 1.39. The van der Waals surface area contributed by atoms with E-state index in [1.54, 1.807) is 0 Å². The lowest BCUT2D eigenvalue weighted by Crippen LogP contribution is -2.54. The number of pyridine rings is 1. The number of hydrogen-bond acceptors (Lipinski definition) is 5. The van der Waals surface area contributed by atoms with Gasteiger partial charge in [-0.05, 0) is 82.2 Å². The molecule has 0 radical (unpaired) electrons. The van der Waals surface area contributed by atoms with E-state index in [2.05, 4.69) is 58.6 Å². The Bertz CT molecular complexity index is 1170. The van der Waals surface area contributed by atoms with Gasteiger partial charge in [0.25, 0.3) is 0 Å². The summed E-state index contributed by atoms with van der Waals surface area (Å²) in [4.78, 5) is 23.5. The van der Waals surface area contributed by atoms with Crippen molar-refractivity contribution in [3.05, 3.63) is 84.1 Å². The van der Waals surface area contributed by atoms with E-state index >= 15 is 0 Å². The first-order valence-corrected chi connectivity index (χ1v) is 13.5. The van der Waals surface area contributed by atoms with Crippen LogP contribution in [0.15, 0.2) is 72.9 Å². The van der Waals surface area contributed by atoms with Crippen LogP contribution in [0.25, 0.3) is 11.3 Å². The number of aromatic nitrogens is 1. The molecule has 6 heteroatoms. The quantitative estimate of drug-likeness (QED) is 0.496. The fourth-order valence-electron chi connectivity index (χ4n) is 5.75. The standard InChI is InChI=1S/C31H38N4O2/c1-3-37-29-12-8-7-11-27(29)28-14-13-25(21-32-28)31(30(36)33-26-15-18-34(2)23-26)16-19-35(20-17-31)22-24-9-5-4-6-10-24/h4-14,21,26H,3,15-20,22-23H2,1-2H3,(H,33,36)/t26-/m0/s1. The number of rotatable bonds is 8. The molecule has 194 valence electrons. The highest BCUT2D eigenvalue weighted by molar-refractivity contribution is 5.89. The molecule has 6 nitrogen and oxygen atoms in total. The average Bonchev–Trinajstić information content (AvgIpc) is 3.34. The van der Waals surface area contributed by atoms with Gasteiger partial charge in [-0.1, -0.05) is 48.5 Å². The molecule has 0 saturated carbocycles. The number of nitrogens with zero attached hydrogens (tertiary/aromatic N) is 3. The molecule has 1 N–H and O–H groups in total. The molecule has 1 atom stereocenters. The highest BCUT2D eigenvalue weighted by Crippen LogP contribution is 2.38. The average molecular weight is 499 g/mol. The Kier molecular flexibility index (Phi) is 7.87. The first kappa shape index (κ1) is 25.4. The maximum atomic E-state index is 13.9. The molecule has 0 aliphatic carbocycles. The minimum absolute atomic E-state index is 0.149. The van der Waals surface area contributed by atoms with Gasteiger partial charge in [0.15, 0.2) is 0 Å². The molecule has 0 unspecified atom stereocenters. The van der Waals surface area contributed by atoms with Gasteiger partial charge in [0.1, 0.15) is 5.75 Å². The predicted octanol–water partition coefficient (Wildman–Crippen LogP) is 4.50. The van der Waals surface area contributed by atoms with E-state index in [1.165, 1.54) is 5.56 Å². The summed E-state index contributed by atoms with van der Waals surface area (Å²) in [6, 6.07) is 22.9. The third-order valence-electron chi connectivity index (χ3n) is 7.90. The number of likely N-dealkylation sites (tertiary alicyclic amines) is 2. The van der Waals surface area contributed by atoms with E-state index in [1.807, 2.05) is 43.5 Å². The van der Waals surface area contributed by atoms with E-state index in [4.69, 9.17) is 9.72 Å². The van der Waals surface area contributed by atoms with Gasteiger partial charge >= 0.3 is 0 Å². The van der Waals surface area contributed by atoms with Crippen LogP contribution in [-0.2, 0) is 16.8 Å². The zero-order chi connectivity index (χ0) is 25.7. The van der Waals surface area contributed by atoms with Crippen molar-refractivity contribution in [1.82, 2.24) is 20.1 Å². The third kappa shape index (κ3) is 5.71. The SMILES string of the molecule is CCOc1ccccc1-c1ccc(C2(C(=O)N[C@H]3CCN(C)C3)CCN(Cc3ccccc3)CC2)cn1. The highest BCUT2D eigenvalue weighted by Gasteiger charge is 2.44. The number of carbonyl (C=O) groups is 1. The summed E-state index contributed by atoms with van der Waals surface area (Å²) in [6.45, 7) is 7.20. The molecule has 2 saturated heterocycles. The number of ether oxygens (including phenoxy) is 1. The first-order chi connectivity index (χ1) is 18.1. The largest absolute Gasteiger partial charge is 0.493 e. The van der Waals surface area contributed by atoms with Gasteiger partial charge in [0.2, 0.25) is 5.91 Å². The first-order valence-electron chi connectivity index (χ1n) is 13.5. The summed E-state index contributed by atoms with van der Waals surface area (Å²) >= 11 is 0. The summed E-state index contributed by atoms with van der Waals surface area (Å²) in [5.74, 6) is 0.980. The number of nitrogens with one attached hydrogen (secondary N) is 1. The van der Waals surface area contributed by atoms with Crippen LogP contribution in [0.2, 0.25) is 0 Å². The van der Waals surface area contributed by atoms with Crippen molar-refractivity contribution in [3.63, 3.8) is 0 Å². The van der Waals surface area contributed by atoms with E-state index in [9.17, 15) is 4.79 Å². The fourth-order valence-corrected chi connectivity index (χ4v) is 5.75. The molecule has 1 aromatic heterocycles. The molecule has 5 rings (SSSR count). The van der Waals surface area contributed by atoms with E-state index < -0.39 is 5.41 Å². The lowest BCUT2D eigenvalue weighted by molar-refractivity contribution is -0.129. The Morgan fingerprint density at radius 1 is 1.03 bits per heavy atom. The van der Waals surface area contributed by atoms with Crippen molar-refractivity contribution in [2.75, 3.05) is 39.8 Å². The Labute approximate surface area is 220 Å². The van der Waals surface area contributed by atoms with Crippen molar-refractivity contribution in [2.24, 2.45) is 0 Å². The highest BCUT2D eigenvalue weighted by atomic mass is 16.5. The maximum Gasteiger partial charge on any atom is 0.231 e. The molecule has 0 spiro atoms. The molecule has 1 amide bonds. The van der Waals surface area contributed by atoms with Gasteiger partial charge in [-0.3, -0.25) is 14.7 Å². The van der Waals surface area contributed by atoms with Gasteiger partial charge in [-0.25, -0.2) is 0 Å². The van der Waals surface area contributed by atoms with E-state index in [-0.39, 0.29) is 11.9 Å². The molecule has 2 aliphatic rings. The molecule has 0 bridgehead atoms. The van der Waals surface area contributed by atoms with Gasteiger partial charge < -0.3 is 15.0 Å². The van der Waals surface area contributed by atoms with Crippen LogP contribution >= 0.6 is 0 Å². The van der Waals surface area contributed by atoms with Crippen molar-refractivity contribution in [3.8, 4) is 17.0 Å². The number of amides is 1. The fraction of sp³-hybridized carbons (Fsp3) is 0.419. The molecular weight excluding hydrogens is 460 g/mol. The second-order valence-corrected chi connectivity index (χ2v) is 10.4. The Morgan fingerprint density at radius 2 is 1.78 bits per heavy atom. The minimum atomic E-state index is -0.570. The third-order valence-corrected chi connectivity index (χ3v) is 7.90. The number of hydrogen-bond donors (Lipinski definition) is 1. The van der Waals surface area contributed by atoms with Crippen LogP contribution in [0.3, 0.4) is 0 Å². The lowest BCUT2D eigenvalue weighted by atomic mass is 9.72. The van der Waals surface area contributed by atoms with Gasteiger partial charge in [0, 0.05) is 30.9 Å². The van der Waals surface area contributed by atoms with Crippen LogP contribution in [0.5, 0.6) is 5.75 Å². The van der Waals surface area contributed by atoms with E-state index in [0.29, 0.717) is 6.61 Å². The molecule has 3 aromatic rings. The van der Waals surface area contributed by atoms with Gasteiger partial charge in [-0.15, -0.1) is 0 Å². The van der Waals surface area contributed by atoms with Crippen LogP contribution in [-0.4, -0.2) is 66.6 Å². The van der Waals surface area contributed by atoms with Crippen molar-refractivity contribution in [2.45, 2.75) is 44.2 Å². The number of likely N-dealkylation sites (N-methyl/N-ethyl adjacent to an activating group) is 1. The second-order valence-electron chi connectivity index (χ2n) is 10.4. The predicted molar refractivity (Wildman–Crippen MR) is 148 cm³/mol. The second kappa shape index (κ2) is 11.4. The Morgan fingerprint density at radius 3 is 2.46 bits per heavy atom. The molecule has 2 fully saturated rings. The molecule has 2 aliphatic heterocycles. The summed E-state index contributed by atoms with van der Waals surface area (Å²) in [5.41, 5.74) is 3.59. The van der Waals surface area contributed by atoms with Crippen molar-refractivity contribution < 1.29 is 9.53 Å². The van der Waals surface area contributed by atoms with Crippen LogP contribution in [0.4, 0.5) is 0 Å². The molecule has 37 heavy (non-hydrogen) atoms. The summed E-state index contributed by atoms with van der Waals surface area (Å²) < 4.78 is 5.83. The van der Waals surface area contributed by atoms with Crippen molar-refractivity contribution >= 4 is 5.91 Å². The smallest absolute Gasteiger partial charge is 0.231 e. The zero-order valence-corrected chi connectivity index (χ0v) is 22.0. The molecule has 3 heterocycles. The normalized spacial score (nSPS) is 20.0. The van der Waals surface area contributed by atoms with Crippen LogP contribution in [0, 0.1) is 0 Å². The van der Waals surface area contributed by atoms with Crippen molar-refractivity contribution in [1.29, 1.82) is 0 Å². The monoisotopic (exact) mass is 498 g/mol. The number of carbonyl (C=O) groups excluding carboxylic acids is 1. The summed E-state index contributed by atoms with van der Waals surface area (Å²) in [5, 5.41) is 3.41. The maximum absolute atomic E-state index is 13.9.